The van der Waals surface area contributed by atoms with Gasteiger partial charge in [0.2, 0.25) is 0 Å². The van der Waals surface area contributed by atoms with Crippen LogP contribution < -0.4 is 15.2 Å². The van der Waals surface area contributed by atoms with E-state index in [0.717, 1.165) is 31.4 Å². The lowest BCUT2D eigenvalue weighted by Crippen LogP contribution is -2.51. The SMILES string of the molecule is CCOc1cc(C(=O)N2CCCCC2C(C)N)ccc1OCc1ccncc1. The predicted octanol–water partition coefficient (Wildman–Crippen LogP) is 3.40. The number of carbonyl (C=O) groups excluding carboxylic acids is 1. The van der Waals surface area contributed by atoms with Gasteiger partial charge in [-0.1, -0.05) is 0 Å². The van der Waals surface area contributed by atoms with Crippen molar-refractivity contribution in [2.45, 2.75) is 51.8 Å². The molecule has 2 unspecified atom stereocenters. The number of pyridine rings is 1. The van der Waals surface area contributed by atoms with Crippen LogP contribution in [0.5, 0.6) is 11.5 Å². The Morgan fingerprint density at radius 1 is 1.21 bits per heavy atom. The summed E-state index contributed by atoms with van der Waals surface area (Å²) in [6.07, 6.45) is 6.55. The van der Waals surface area contributed by atoms with Crippen LogP contribution in [0.25, 0.3) is 0 Å². The van der Waals surface area contributed by atoms with E-state index < -0.39 is 0 Å². The molecule has 0 aliphatic carbocycles. The zero-order valence-corrected chi connectivity index (χ0v) is 16.6. The quantitative estimate of drug-likeness (QED) is 0.793. The second-order valence-corrected chi connectivity index (χ2v) is 7.16. The third-order valence-electron chi connectivity index (χ3n) is 5.05. The molecule has 1 aliphatic heterocycles. The van der Waals surface area contributed by atoms with E-state index in [-0.39, 0.29) is 18.0 Å². The summed E-state index contributed by atoms with van der Waals surface area (Å²) in [6.45, 7) is 5.54. The standard InChI is InChI=1S/C22H29N3O3/c1-3-27-21-14-18(22(26)25-13-5-4-6-19(25)16(2)23)7-8-20(21)28-15-17-9-11-24-12-10-17/h7-12,14,16,19H,3-6,13,15,23H2,1-2H3. The van der Waals surface area contributed by atoms with Gasteiger partial charge in [-0.05, 0) is 69.0 Å². The Hall–Kier alpha value is -2.60. The van der Waals surface area contributed by atoms with Gasteiger partial charge >= 0.3 is 0 Å². The molecule has 2 heterocycles. The number of rotatable bonds is 7. The average Bonchev–Trinajstić information content (AvgIpc) is 2.73. The van der Waals surface area contributed by atoms with Crippen molar-refractivity contribution < 1.29 is 14.3 Å². The van der Waals surface area contributed by atoms with Crippen LogP contribution in [0.1, 0.15) is 49.0 Å². The van der Waals surface area contributed by atoms with Gasteiger partial charge in [0.05, 0.1) is 6.61 Å². The third kappa shape index (κ3) is 4.81. The van der Waals surface area contributed by atoms with Gasteiger partial charge in [-0.2, -0.15) is 0 Å². The Bertz CT molecular complexity index is 780. The van der Waals surface area contributed by atoms with Crippen molar-refractivity contribution in [1.29, 1.82) is 0 Å². The number of aromatic nitrogens is 1. The molecule has 1 aromatic carbocycles. The molecule has 0 spiro atoms. The summed E-state index contributed by atoms with van der Waals surface area (Å²) in [5.41, 5.74) is 7.75. The molecule has 1 amide bonds. The van der Waals surface area contributed by atoms with Crippen molar-refractivity contribution in [2.75, 3.05) is 13.2 Å². The van der Waals surface area contributed by atoms with Gasteiger partial charge in [-0.3, -0.25) is 9.78 Å². The molecule has 2 atom stereocenters. The van der Waals surface area contributed by atoms with Crippen LogP contribution in [0.2, 0.25) is 0 Å². The number of benzene rings is 1. The van der Waals surface area contributed by atoms with Gasteiger partial charge < -0.3 is 20.1 Å². The van der Waals surface area contributed by atoms with E-state index in [4.69, 9.17) is 15.2 Å². The predicted molar refractivity (Wildman–Crippen MR) is 109 cm³/mol. The summed E-state index contributed by atoms with van der Waals surface area (Å²) in [7, 11) is 0. The van der Waals surface area contributed by atoms with Crippen LogP contribution in [0.3, 0.4) is 0 Å². The summed E-state index contributed by atoms with van der Waals surface area (Å²) in [4.78, 5) is 19.1. The molecule has 0 bridgehead atoms. The van der Waals surface area contributed by atoms with Gasteiger partial charge in [-0.25, -0.2) is 0 Å². The fraction of sp³-hybridized carbons (Fsp3) is 0.455. The number of nitrogens with two attached hydrogens (primary N) is 1. The minimum atomic E-state index is -0.0430. The second-order valence-electron chi connectivity index (χ2n) is 7.16. The molecule has 2 aromatic rings. The molecule has 0 radical (unpaired) electrons. The first kappa shape index (κ1) is 20.1. The molecule has 3 rings (SSSR count). The molecule has 1 aliphatic rings. The molecule has 0 saturated carbocycles. The number of ether oxygens (including phenoxy) is 2. The van der Waals surface area contributed by atoms with Crippen molar-refractivity contribution in [3.05, 3.63) is 53.9 Å². The normalized spacial score (nSPS) is 17.8. The van der Waals surface area contributed by atoms with Crippen LogP contribution in [0.4, 0.5) is 0 Å². The number of likely N-dealkylation sites (tertiary alicyclic amines) is 1. The highest BCUT2D eigenvalue weighted by Crippen LogP contribution is 2.31. The van der Waals surface area contributed by atoms with Crippen LogP contribution in [-0.2, 0) is 6.61 Å². The Kier molecular flexibility index (Phi) is 6.87. The molecular weight excluding hydrogens is 354 g/mol. The molecule has 1 fully saturated rings. The van der Waals surface area contributed by atoms with E-state index >= 15 is 0 Å². The summed E-state index contributed by atoms with van der Waals surface area (Å²) in [5, 5.41) is 0. The van der Waals surface area contributed by atoms with E-state index in [0.29, 0.717) is 30.3 Å². The molecule has 6 nitrogen and oxygen atoms in total. The van der Waals surface area contributed by atoms with Gasteiger partial charge in [0.25, 0.3) is 5.91 Å². The lowest BCUT2D eigenvalue weighted by Gasteiger charge is -2.38. The zero-order chi connectivity index (χ0) is 19.9. The largest absolute Gasteiger partial charge is 0.490 e. The lowest BCUT2D eigenvalue weighted by atomic mass is 9.96. The number of nitrogens with zero attached hydrogens (tertiary/aromatic N) is 2. The molecule has 2 N–H and O–H groups in total. The summed E-state index contributed by atoms with van der Waals surface area (Å²) < 4.78 is 11.7. The Morgan fingerprint density at radius 2 is 2.00 bits per heavy atom. The van der Waals surface area contributed by atoms with Gasteiger partial charge in [-0.15, -0.1) is 0 Å². The molecule has 1 aromatic heterocycles. The first-order valence-corrected chi connectivity index (χ1v) is 9.95. The maximum absolute atomic E-state index is 13.1. The summed E-state index contributed by atoms with van der Waals surface area (Å²) in [6, 6.07) is 9.24. The lowest BCUT2D eigenvalue weighted by molar-refractivity contribution is 0.0583. The minimum absolute atomic E-state index is 0.00337. The number of piperidine rings is 1. The first-order valence-electron chi connectivity index (χ1n) is 9.95. The summed E-state index contributed by atoms with van der Waals surface area (Å²) in [5.74, 6) is 1.21. The smallest absolute Gasteiger partial charge is 0.254 e. The molecule has 150 valence electrons. The van der Waals surface area contributed by atoms with Gasteiger partial charge in [0.1, 0.15) is 6.61 Å². The highest BCUT2D eigenvalue weighted by Gasteiger charge is 2.30. The van der Waals surface area contributed by atoms with Crippen molar-refractivity contribution in [2.24, 2.45) is 5.73 Å². The van der Waals surface area contributed by atoms with E-state index in [1.807, 2.05) is 36.9 Å². The number of amides is 1. The Morgan fingerprint density at radius 3 is 2.71 bits per heavy atom. The molecule has 28 heavy (non-hydrogen) atoms. The number of hydrogen-bond acceptors (Lipinski definition) is 5. The van der Waals surface area contributed by atoms with Crippen molar-refractivity contribution in [3.8, 4) is 11.5 Å². The molecule has 1 saturated heterocycles. The van der Waals surface area contributed by atoms with Gasteiger partial charge in [0, 0.05) is 36.6 Å². The molecule has 6 heteroatoms. The van der Waals surface area contributed by atoms with Crippen molar-refractivity contribution in [3.63, 3.8) is 0 Å². The van der Waals surface area contributed by atoms with Gasteiger partial charge in [0.15, 0.2) is 11.5 Å². The number of hydrogen-bond donors (Lipinski definition) is 1. The van der Waals surface area contributed by atoms with Crippen LogP contribution in [-0.4, -0.2) is 41.0 Å². The highest BCUT2D eigenvalue weighted by atomic mass is 16.5. The maximum atomic E-state index is 13.1. The van der Waals surface area contributed by atoms with Crippen LogP contribution >= 0.6 is 0 Å². The van der Waals surface area contributed by atoms with E-state index in [2.05, 4.69) is 4.98 Å². The van der Waals surface area contributed by atoms with Crippen LogP contribution in [0, 0.1) is 0 Å². The van der Waals surface area contributed by atoms with E-state index in [1.165, 1.54) is 0 Å². The second kappa shape index (κ2) is 9.55. The van der Waals surface area contributed by atoms with Crippen molar-refractivity contribution in [1.82, 2.24) is 9.88 Å². The monoisotopic (exact) mass is 383 g/mol. The first-order chi connectivity index (χ1) is 13.6. The Balaban J connectivity index is 1.78. The molecular formula is C22H29N3O3. The average molecular weight is 383 g/mol. The van der Waals surface area contributed by atoms with Crippen LogP contribution in [0.15, 0.2) is 42.7 Å². The Labute approximate surface area is 166 Å². The highest BCUT2D eigenvalue weighted by molar-refractivity contribution is 5.95. The fourth-order valence-corrected chi connectivity index (χ4v) is 3.59. The van der Waals surface area contributed by atoms with E-state index in [9.17, 15) is 4.79 Å². The van der Waals surface area contributed by atoms with Crippen molar-refractivity contribution >= 4 is 5.91 Å². The summed E-state index contributed by atoms with van der Waals surface area (Å²) >= 11 is 0. The minimum Gasteiger partial charge on any atom is -0.490 e. The van der Waals surface area contributed by atoms with E-state index in [1.54, 1.807) is 24.5 Å². The topological polar surface area (TPSA) is 77.7 Å². The number of carbonyl (C=O) groups is 1. The third-order valence-corrected chi connectivity index (χ3v) is 5.05. The maximum Gasteiger partial charge on any atom is 0.254 e. The zero-order valence-electron chi connectivity index (χ0n) is 16.6. The fourth-order valence-electron chi connectivity index (χ4n) is 3.59.